The van der Waals surface area contributed by atoms with Crippen LogP contribution in [0, 0.1) is 0 Å². The summed E-state index contributed by atoms with van der Waals surface area (Å²) in [5, 5.41) is 15.3. The molecule has 0 bridgehead atoms. The van der Waals surface area contributed by atoms with Crippen molar-refractivity contribution in [1.29, 1.82) is 0 Å². The number of aliphatic hydroxyl groups is 1. The second kappa shape index (κ2) is 10.1. The molecule has 9 heteroatoms. The van der Waals surface area contributed by atoms with Gasteiger partial charge in [0.2, 0.25) is 0 Å². The molecule has 0 saturated carbocycles. The van der Waals surface area contributed by atoms with E-state index >= 15 is 0 Å². The molecule has 1 aliphatic heterocycles. The van der Waals surface area contributed by atoms with Crippen LogP contribution in [-0.4, -0.2) is 69.4 Å². The van der Waals surface area contributed by atoms with Crippen LogP contribution in [0.5, 0.6) is 11.5 Å². The zero-order valence-electron chi connectivity index (χ0n) is 17.6. The van der Waals surface area contributed by atoms with Crippen LogP contribution in [0.25, 0.3) is 0 Å². The van der Waals surface area contributed by atoms with Gasteiger partial charge in [-0.05, 0) is 29.8 Å². The lowest BCUT2D eigenvalue weighted by Gasteiger charge is -2.34. The molecule has 3 aromatic rings. The zero-order chi connectivity index (χ0) is 22.3. The fourth-order valence-corrected chi connectivity index (χ4v) is 3.51. The van der Waals surface area contributed by atoms with Crippen molar-refractivity contribution in [3.63, 3.8) is 0 Å². The van der Waals surface area contributed by atoms with Gasteiger partial charge < -0.3 is 20.1 Å². The first-order valence-corrected chi connectivity index (χ1v) is 10.4. The molecule has 166 valence electrons. The Hall–Kier alpha value is -3.69. The smallest absolute Gasteiger partial charge is 0.344 e. The van der Waals surface area contributed by atoms with E-state index in [9.17, 15) is 9.59 Å². The molecule has 2 amide bonds. The fourth-order valence-electron chi connectivity index (χ4n) is 3.51. The van der Waals surface area contributed by atoms with Crippen molar-refractivity contribution in [2.45, 2.75) is 6.54 Å². The largest absolute Gasteiger partial charge is 0.457 e. The number of amides is 2. The average molecular weight is 435 g/mol. The molecule has 32 heavy (non-hydrogen) atoms. The van der Waals surface area contributed by atoms with Crippen molar-refractivity contribution in [3.05, 3.63) is 72.4 Å². The van der Waals surface area contributed by atoms with Crippen LogP contribution in [0.1, 0.15) is 5.56 Å². The van der Waals surface area contributed by atoms with Crippen LogP contribution in [0.4, 0.5) is 10.6 Å². The molecule has 2 aromatic carbocycles. The van der Waals surface area contributed by atoms with E-state index in [1.165, 1.54) is 16.9 Å². The van der Waals surface area contributed by atoms with E-state index in [0.717, 1.165) is 36.7 Å². The molecule has 0 radical (unpaired) electrons. The second-order valence-corrected chi connectivity index (χ2v) is 7.46. The molecule has 1 aromatic heterocycles. The van der Waals surface area contributed by atoms with Gasteiger partial charge in [0.05, 0.1) is 0 Å². The van der Waals surface area contributed by atoms with E-state index in [-0.39, 0.29) is 11.8 Å². The third kappa shape index (κ3) is 5.51. The van der Waals surface area contributed by atoms with E-state index in [2.05, 4.69) is 21.4 Å². The van der Waals surface area contributed by atoms with Crippen LogP contribution in [0.3, 0.4) is 0 Å². The quantitative estimate of drug-likeness (QED) is 0.617. The van der Waals surface area contributed by atoms with E-state index < -0.39 is 12.5 Å². The van der Waals surface area contributed by atoms with Gasteiger partial charge in [-0.1, -0.05) is 30.3 Å². The maximum absolute atomic E-state index is 12.7. The third-order valence-electron chi connectivity index (χ3n) is 5.12. The zero-order valence-corrected chi connectivity index (χ0v) is 17.6. The first-order chi connectivity index (χ1) is 15.6. The summed E-state index contributed by atoms with van der Waals surface area (Å²) in [5.74, 6) is 1.25. The van der Waals surface area contributed by atoms with Crippen LogP contribution < -0.4 is 10.1 Å². The van der Waals surface area contributed by atoms with Gasteiger partial charge in [0.25, 0.3) is 5.91 Å². The summed E-state index contributed by atoms with van der Waals surface area (Å²) in [7, 11) is 0. The Bertz CT molecular complexity index is 1060. The fraction of sp³-hybridized carbons (Fsp3) is 0.261. The lowest BCUT2D eigenvalue weighted by atomic mass is 10.2. The van der Waals surface area contributed by atoms with Gasteiger partial charge in [0.15, 0.2) is 5.82 Å². The maximum Gasteiger partial charge on any atom is 0.344 e. The number of nitrogens with one attached hydrogen (secondary N) is 1. The number of anilines is 1. The summed E-state index contributed by atoms with van der Waals surface area (Å²) >= 11 is 0. The highest BCUT2D eigenvalue weighted by atomic mass is 16.5. The molecule has 9 nitrogen and oxygen atoms in total. The Balaban J connectivity index is 1.29. The summed E-state index contributed by atoms with van der Waals surface area (Å²) in [5.41, 5.74) is 1.15. The monoisotopic (exact) mass is 435 g/mol. The Morgan fingerprint density at radius 1 is 0.969 bits per heavy atom. The number of ether oxygens (including phenoxy) is 1. The summed E-state index contributed by atoms with van der Waals surface area (Å²) in [4.78, 5) is 27.9. The van der Waals surface area contributed by atoms with Crippen molar-refractivity contribution in [3.8, 4) is 11.5 Å². The number of piperazine rings is 1. The molecule has 1 aliphatic rings. The molecular weight excluding hydrogens is 410 g/mol. The van der Waals surface area contributed by atoms with Gasteiger partial charge in [-0.15, -0.1) is 5.10 Å². The normalized spacial score (nSPS) is 14.2. The second-order valence-electron chi connectivity index (χ2n) is 7.46. The van der Waals surface area contributed by atoms with Gasteiger partial charge in [0, 0.05) is 45.0 Å². The topological polar surface area (TPSA) is 99.9 Å². The summed E-state index contributed by atoms with van der Waals surface area (Å²) in [6.07, 6.45) is 1.50. The van der Waals surface area contributed by atoms with Crippen molar-refractivity contribution in [1.82, 2.24) is 19.6 Å². The van der Waals surface area contributed by atoms with Crippen molar-refractivity contribution in [2.75, 3.05) is 38.1 Å². The van der Waals surface area contributed by atoms with E-state index in [1.807, 2.05) is 48.5 Å². The minimum absolute atomic E-state index is 0.230. The predicted octanol–water partition coefficient (Wildman–Crippen LogP) is 2.39. The average Bonchev–Trinajstić information content (AvgIpc) is 3.28. The highest BCUT2D eigenvalue weighted by Crippen LogP contribution is 2.22. The summed E-state index contributed by atoms with van der Waals surface area (Å²) in [6, 6.07) is 19.0. The molecule has 0 spiro atoms. The van der Waals surface area contributed by atoms with Gasteiger partial charge >= 0.3 is 6.03 Å². The minimum Gasteiger partial charge on any atom is -0.457 e. The molecule has 0 unspecified atom stereocenters. The highest BCUT2D eigenvalue weighted by molar-refractivity contribution is 5.90. The number of benzene rings is 2. The molecule has 1 fully saturated rings. The van der Waals surface area contributed by atoms with E-state index in [0.29, 0.717) is 13.1 Å². The number of hydrogen-bond donors (Lipinski definition) is 2. The molecule has 0 aliphatic carbocycles. The van der Waals surface area contributed by atoms with Gasteiger partial charge in [-0.25, -0.2) is 4.79 Å². The highest BCUT2D eigenvalue weighted by Gasteiger charge is 2.23. The number of carbonyl (C=O) groups is 2. The maximum atomic E-state index is 12.7. The first-order valence-electron chi connectivity index (χ1n) is 10.4. The molecule has 1 saturated heterocycles. The molecule has 2 heterocycles. The summed E-state index contributed by atoms with van der Waals surface area (Å²) in [6.45, 7) is 2.78. The number of rotatable bonds is 6. The van der Waals surface area contributed by atoms with Gasteiger partial charge in [-0.2, -0.15) is 4.68 Å². The minimum atomic E-state index is -0.635. The number of aromatic nitrogens is 2. The molecular formula is C23H25N5O4. The predicted molar refractivity (Wildman–Crippen MR) is 119 cm³/mol. The van der Waals surface area contributed by atoms with E-state index in [1.54, 1.807) is 4.90 Å². The first kappa shape index (κ1) is 21.5. The van der Waals surface area contributed by atoms with Gasteiger partial charge in [0.1, 0.15) is 18.1 Å². The van der Waals surface area contributed by atoms with Crippen molar-refractivity contribution in [2.24, 2.45) is 0 Å². The Morgan fingerprint density at radius 2 is 1.72 bits per heavy atom. The number of aliphatic hydroxyl groups excluding tert-OH is 1. The Kier molecular flexibility index (Phi) is 6.78. The number of carbonyl (C=O) groups excluding carboxylic acids is 2. The number of para-hydroxylation sites is 1. The standard InChI is InChI=1S/C23H25N5O4/c29-17-22(30)24-21-9-10-28(25-21)23(31)27-13-11-26(12-14-27)16-18-5-4-8-20(15-18)32-19-6-2-1-3-7-19/h1-10,15,29H,11-14,16-17H2,(H,24,25,30). The lowest BCUT2D eigenvalue weighted by molar-refractivity contribution is -0.118. The van der Waals surface area contributed by atoms with Gasteiger partial charge in [-0.3, -0.25) is 9.69 Å². The lowest BCUT2D eigenvalue weighted by Crippen LogP contribution is -2.49. The molecule has 2 N–H and O–H groups in total. The van der Waals surface area contributed by atoms with Crippen LogP contribution >= 0.6 is 0 Å². The van der Waals surface area contributed by atoms with Crippen LogP contribution in [0.15, 0.2) is 66.9 Å². The number of nitrogens with zero attached hydrogens (tertiary/aromatic N) is 4. The molecule has 4 rings (SSSR count). The third-order valence-corrected chi connectivity index (χ3v) is 5.12. The van der Waals surface area contributed by atoms with Crippen molar-refractivity contribution < 1.29 is 19.4 Å². The SMILES string of the molecule is O=C(CO)Nc1ccn(C(=O)N2CCN(Cc3cccc(Oc4ccccc4)c3)CC2)n1. The van der Waals surface area contributed by atoms with Crippen LogP contribution in [0.2, 0.25) is 0 Å². The summed E-state index contributed by atoms with van der Waals surface area (Å²) < 4.78 is 7.12. The van der Waals surface area contributed by atoms with Crippen LogP contribution in [-0.2, 0) is 11.3 Å². The number of hydrogen-bond acceptors (Lipinski definition) is 6. The Labute approximate surface area is 185 Å². The Morgan fingerprint density at radius 3 is 2.47 bits per heavy atom. The molecule has 0 atom stereocenters. The van der Waals surface area contributed by atoms with E-state index in [4.69, 9.17) is 9.84 Å². The van der Waals surface area contributed by atoms with Crippen molar-refractivity contribution >= 4 is 17.8 Å².